The second-order valence-electron chi connectivity index (χ2n) is 3.27. The lowest BCUT2D eigenvalue weighted by Gasteiger charge is -2.17. The Hall–Kier alpha value is -1.56. The third-order valence-electron chi connectivity index (χ3n) is 2.22. The zero-order chi connectivity index (χ0) is 10.6. The average molecular weight is 193 g/mol. The molecule has 0 aliphatic rings. The van der Waals surface area contributed by atoms with Crippen LogP contribution in [0.2, 0.25) is 0 Å². The number of aromatic nitrogens is 1. The van der Waals surface area contributed by atoms with E-state index in [4.69, 9.17) is 6.42 Å². The van der Waals surface area contributed by atoms with E-state index in [2.05, 4.69) is 5.92 Å². The zero-order valence-corrected chi connectivity index (χ0v) is 8.27. The first-order chi connectivity index (χ1) is 6.70. The van der Waals surface area contributed by atoms with Gasteiger partial charge in [0.05, 0.1) is 6.04 Å². The standard InChI is InChI=1S/C11H15NO2/c1-3-5-9(6-4-2)12-10(13)7-8-11(12)14/h1,7-9,13-14H,4-6H2,2H3. The molecule has 0 saturated carbocycles. The van der Waals surface area contributed by atoms with Crippen LogP contribution in [-0.2, 0) is 0 Å². The van der Waals surface area contributed by atoms with Gasteiger partial charge in [-0.1, -0.05) is 13.3 Å². The van der Waals surface area contributed by atoms with E-state index in [1.165, 1.54) is 16.7 Å². The summed E-state index contributed by atoms with van der Waals surface area (Å²) in [6, 6.07) is 2.92. The van der Waals surface area contributed by atoms with Crippen LogP contribution in [0, 0.1) is 12.3 Å². The minimum Gasteiger partial charge on any atom is -0.494 e. The van der Waals surface area contributed by atoms with Crippen molar-refractivity contribution in [3.05, 3.63) is 12.1 Å². The van der Waals surface area contributed by atoms with Crippen LogP contribution in [0.4, 0.5) is 0 Å². The molecule has 1 atom stereocenters. The molecular formula is C11H15NO2. The number of aromatic hydroxyl groups is 2. The first-order valence-corrected chi connectivity index (χ1v) is 4.73. The Morgan fingerprint density at radius 1 is 1.43 bits per heavy atom. The van der Waals surface area contributed by atoms with Gasteiger partial charge in [-0.05, 0) is 6.42 Å². The Labute approximate surface area is 84.0 Å². The minimum atomic E-state index is -0.0139. The molecule has 1 rings (SSSR count). The van der Waals surface area contributed by atoms with Gasteiger partial charge in [0.15, 0.2) is 11.8 Å². The minimum absolute atomic E-state index is 0.0139. The third-order valence-corrected chi connectivity index (χ3v) is 2.22. The number of hydrogen-bond acceptors (Lipinski definition) is 2. The Balaban J connectivity index is 2.92. The van der Waals surface area contributed by atoms with Crippen molar-refractivity contribution in [1.29, 1.82) is 0 Å². The van der Waals surface area contributed by atoms with E-state index in [0.29, 0.717) is 6.42 Å². The Morgan fingerprint density at radius 2 is 2.00 bits per heavy atom. The highest BCUT2D eigenvalue weighted by Crippen LogP contribution is 2.30. The summed E-state index contributed by atoms with van der Waals surface area (Å²) in [7, 11) is 0. The highest BCUT2D eigenvalue weighted by molar-refractivity contribution is 5.25. The van der Waals surface area contributed by atoms with E-state index >= 15 is 0 Å². The summed E-state index contributed by atoms with van der Waals surface area (Å²) in [4.78, 5) is 0. The smallest absolute Gasteiger partial charge is 0.194 e. The fraction of sp³-hybridized carbons (Fsp3) is 0.455. The van der Waals surface area contributed by atoms with Crippen molar-refractivity contribution in [2.24, 2.45) is 0 Å². The lowest BCUT2D eigenvalue weighted by Crippen LogP contribution is -2.07. The molecule has 0 aromatic carbocycles. The van der Waals surface area contributed by atoms with E-state index in [9.17, 15) is 10.2 Å². The molecule has 0 bridgehead atoms. The van der Waals surface area contributed by atoms with Crippen molar-refractivity contribution in [2.75, 3.05) is 0 Å². The molecule has 3 heteroatoms. The van der Waals surface area contributed by atoms with Crippen LogP contribution in [0.5, 0.6) is 11.8 Å². The van der Waals surface area contributed by atoms with E-state index < -0.39 is 0 Å². The van der Waals surface area contributed by atoms with Gasteiger partial charge >= 0.3 is 0 Å². The Morgan fingerprint density at radius 3 is 2.43 bits per heavy atom. The van der Waals surface area contributed by atoms with E-state index in [1.54, 1.807) is 0 Å². The van der Waals surface area contributed by atoms with Crippen LogP contribution in [0.1, 0.15) is 32.2 Å². The van der Waals surface area contributed by atoms with E-state index in [1.807, 2.05) is 6.92 Å². The lowest BCUT2D eigenvalue weighted by atomic mass is 10.1. The van der Waals surface area contributed by atoms with Gasteiger partial charge in [-0.3, -0.25) is 4.57 Å². The maximum absolute atomic E-state index is 9.49. The predicted molar refractivity (Wildman–Crippen MR) is 55.2 cm³/mol. The largest absolute Gasteiger partial charge is 0.494 e. The SMILES string of the molecule is C#CCC(CCC)n1c(O)ccc1O. The fourth-order valence-corrected chi connectivity index (χ4v) is 1.59. The average Bonchev–Trinajstić information content (AvgIpc) is 2.46. The summed E-state index contributed by atoms with van der Waals surface area (Å²) >= 11 is 0. The molecule has 0 saturated heterocycles. The highest BCUT2D eigenvalue weighted by atomic mass is 16.3. The van der Waals surface area contributed by atoms with Crippen LogP contribution in [0.25, 0.3) is 0 Å². The number of terminal acetylenes is 1. The fourth-order valence-electron chi connectivity index (χ4n) is 1.59. The summed E-state index contributed by atoms with van der Waals surface area (Å²) in [5.41, 5.74) is 0. The Kier molecular flexibility index (Phi) is 3.47. The third kappa shape index (κ3) is 2.02. The van der Waals surface area contributed by atoms with Crippen LogP contribution < -0.4 is 0 Å². The van der Waals surface area contributed by atoms with E-state index in [0.717, 1.165) is 12.8 Å². The van der Waals surface area contributed by atoms with Gasteiger partial charge < -0.3 is 10.2 Å². The first-order valence-electron chi connectivity index (χ1n) is 4.73. The van der Waals surface area contributed by atoms with Crippen molar-refractivity contribution < 1.29 is 10.2 Å². The van der Waals surface area contributed by atoms with Gasteiger partial charge in [-0.15, -0.1) is 12.3 Å². The van der Waals surface area contributed by atoms with Crippen molar-refractivity contribution in [3.63, 3.8) is 0 Å². The Bertz CT molecular complexity index is 316. The van der Waals surface area contributed by atoms with Crippen LogP contribution in [0.15, 0.2) is 12.1 Å². The summed E-state index contributed by atoms with van der Waals surface area (Å²) in [5.74, 6) is 2.68. The molecule has 0 amide bonds. The molecule has 14 heavy (non-hydrogen) atoms. The number of rotatable bonds is 4. The van der Waals surface area contributed by atoms with Crippen molar-refractivity contribution >= 4 is 0 Å². The topological polar surface area (TPSA) is 45.4 Å². The van der Waals surface area contributed by atoms with Gasteiger partial charge in [0.1, 0.15) is 0 Å². The monoisotopic (exact) mass is 193 g/mol. The molecule has 1 aromatic rings. The molecule has 76 valence electrons. The molecule has 1 unspecified atom stereocenters. The lowest BCUT2D eigenvalue weighted by molar-refractivity contribution is 0.323. The van der Waals surface area contributed by atoms with E-state index in [-0.39, 0.29) is 17.8 Å². The molecule has 0 fully saturated rings. The molecule has 0 spiro atoms. The zero-order valence-electron chi connectivity index (χ0n) is 8.27. The molecule has 2 N–H and O–H groups in total. The first kappa shape index (κ1) is 10.5. The maximum Gasteiger partial charge on any atom is 0.194 e. The second kappa shape index (κ2) is 4.61. The van der Waals surface area contributed by atoms with Crippen LogP contribution >= 0.6 is 0 Å². The highest BCUT2D eigenvalue weighted by Gasteiger charge is 2.15. The van der Waals surface area contributed by atoms with Gasteiger partial charge in [-0.2, -0.15) is 0 Å². The summed E-state index contributed by atoms with van der Waals surface area (Å²) < 4.78 is 1.48. The molecule has 1 heterocycles. The normalized spacial score (nSPS) is 12.3. The van der Waals surface area contributed by atoms with Crippen molar-refractivity contribution in [1.82, 2.24) is 4.57 Å². The van der Waals surface area contributed by atoms with Crippen LogP contribution in [-0.4, -0.2) is 14.8 Å². The number of nitrogens with zero attached hydrogens (tertiary/aromatic N) is 1. The molecule has 0 radical (unpaired) electrons. The van der Waals surface area contributed by atoms with Crippen molar-refractivity contribution in [3.8, 4) is 24.1 Å². The molecule has 3 nitrogen and oxygen atoms in total. The predicted octanol–water partition coefficient (Wildman–Crippen LogP) is 2.26. The molecular weight excluding hydrogens is 178 g/mol. The van der Waals surface area contributed by atoms with Gasteiger partial charge in [0.2, 0.25) is 0 Å². The number of hydrogen-bond donors (Lipinski definition) is 2. The molecule has 1 aromatic heterocycles. The van der Waals surface area contributed by atoms with Crippen molar-refractivity contribution in [2.45, 2.75) is 32.2 Å². The maximum atomic E-state index is 9.49. The van der Waals surface area contributed by atoms with Gasteiger partial charge in [0, 0.05) is 18.6 Å². The van der Waals surface area contributed by atoms with Crippen LogP contribution in [0.3, 0.4) is 0 Å². The molecule has 0 aliphatic carbocycles. The summed E-state index contributed by atoms with van der Waals surface area (Å²) in [6.45, 7) is 2.04. The summed E-state index contributed by atoms with van der Waals surface area (Å²) in [5, 5.41) is 19.0. The van der Waals surface area contributed by atoms with Gasteiger partial charge in [-0.25, -0.2) is 0 Å². The second-order valence-corrected chi connectivity index (χ2v) is 3.27. The molecule has 0 aliphatic heterocycles. The van der Waals surface area contributed by atoms with Gasteiger partial charge in [0.25, 0.3) is 0 Å². The summed E-state index contributed by atoms with van der Waals surface area (Å²) in [6.07, 6.45) is 7.57. The quantitative estimate of drug-likeness (QED) is 0.720.